The lowest BCUT2D eigenvalue weighted by atomic mass is 9.75. The summed E-state index contributed by atoms with van der Waals surface area (Å²) in [5, 5.41) is 5.28. The van der Waals surface area contributed by atoms with Crippen LogP contribution in [0, 0.1) is 11.8 Å². The molecule has 2 rings (SSSR count). The zero-order valence-electron chi connectivity index (χ0n) is 13.2. The average molecular weight is 328 g/mol. The van der Waals surface area contributed by atoms with Crippen LogP contribution in [0.2, 0.25) is 10.0 Å². The molecule has 1 N–H and O–H groups in total. The molecule has 0 bridgehead atoms. The Morgan fingerprint density at radius 2 is 1.90 bits per heavy atom. The van der Waals surface area contributed by atoms with Gasteiger partial charge in [0.2, 0.25) is 0 Å². The molecule has 3 unspecified atom stereocenters. The van der Waals surface area contributed by atoms with Gasteiger partial charge in [0.25, 0.3) is 0 Å². The highest BCUT2D eigenvalue weighted by Gasteiger charge is 2.28. The molecule has 0 heterocycles. The predicted molar refractivity (Wildman–Crippen MR) is 93.4 cm³/mol. The van der Waals surface area contributed by atoms with Gasteiger partial charge in [-0.25, -0.2) is 0 Å². The number of nitrogens with one attached hydrogen (secondary N) is 1. The second kappa shape index (κ2) is 8.41. The van der Waals surface area contributed by atoms with E-state index < -0.39 is 0 Å². The summed E-state index contributed by atoms with van der Waals surface area (Å²) >= 11 is 12.7. The van der Waals surface area contributed by atoms with Crippen LogP contribution < -0.4 is 5.32 Å². The molecule has 1 aliphatic carbocycles. The van der Waals surface area contributed by atoms with Crippen LogP contribution in [0.5, 0.6) is 0 Å². The molecule has 1 aromatic rings. The monoisotopic (exact) mass is 327 g/mol. The van der Waals surface area contributed by atoms with Crippen LogP contribution in [0.3, 0.4) is 0 Å². The molecule has 0 spiro atoms. The molecule has 0 aliphatic heterocycles. The van der Waals surface area contributed by atoms with Gasteiger partial charge in [-0.2, -0.15) is 0 Å². The van der Waals surface area contributed by atoms with Gasteiger partial charge in [0, 0.05) is 16.1 Å². The summed E-state index contributed by atoms with van der Waals surface area (Å²) in [6, 6.07) is 6.30. The summed E-state index contributed by atoms with van der Waals surface area (Å²) in [5.41, 5.74) is 1.10. The fourth-order valence-corrected chi connectivity index (χ4v) is 4.24. The van der Waals surface area contributed by atoms with Crippen LogP contribution in [0.1, 0.15) is 51.5 Å². The molecule has 1 aromatic carbocycles. The van der Waals surface area contributed by atoms with E-state index in [2.05, 4.69) is 19.2 Å². The van der Waals surface area contributed by atoms with E-state index in [9.17, 15) is 0 Å². The van der Waals surface area contributed by atoms with Gasteiger partial charge in [-0.05, 0) is 55.3 Å². The molecule has 1 aliphatic rings. The Balaban J connectivity index is 2.11. The van der Waals surface area contributed by atoms with Crippen LogP contribution in [-0.4, -0.2) is 12.6 Å². The highest BCUT2D eigenvalue weighted by molar-refractivity contribution is 6.36. The molecular formula is C18H27Cl2N. The molecule has 1 saturated carbocycles. The van der Waals surface area contributed by atoms with Gasteiger partial charge < -0.3 is 5.32 Å². The van der Waals surface area contributed by atoms with Crippen molar-refractivity contribution in [3.05, 3.63) is 33.8 Å². The Kier molecular flexibility index (Phi) is 6.85. The van der Waals surface area contributed by atoms with Gasteiger partial charge >= 0.3 is 0 Å². The molecule has 1 fully saturated rings. The zero-order chi connectivity index (χ0) is 15.2. The number of benzene rings is 1. The quantitative estimate of drug-likeness (QED) is 0.703. The minimum Gasteiger partial charge on any atom is -0.314 e. The Bertz CT molecular complexity index is 427. The van der Waals surface area contributed by atoms with E-state index in [1.54, 1.807) is 0 Å². The van der Waals surface area contributed by atoms with Gasteiger partial charge in [-0.3, -0.25) is 0 Å². The average Bonchev–Trinajstić information content (AvgIpc) is 2.50. The van der Waals surface area contributed by atoms with Crippen molar-refractivity contribution in [2.24, 2.45) is 11.8 Å². The Hall–Kier alpha value is -0.240. The zero-order valence-corrected chi connectivity index (χ0v) is 14.7. The first kappa shape index (κ1) is 17.1. The first-order valence-corrected chi connectivity index (χ1v) is 9.07. The van der Waals surface area contributed by atoms with Crippen molar-refractivity contribution in [3.8, 4) is 0 Å². The lowest BCUT2D eigenvalue weighted by Crippen LogP contribution is -2.40. The fraction of sp³-hybridized carbons (Fsp3) is 0.667. The topological polar surface area (TPSA) is 12.0 Å². The molecule has 0 radical (unpaired) electrons. The van der Waals surface area contributed by atoms with Crippen molar-refractivity contribution in [2.45, 2.75) is 58.4 Å². The van der Waals surface area contributed by atoms with E-state index >= 15 is 0 Å². The third kappa shape index (κ3) is 4.61. The lowest BCUT2D eigenvalue weighted by Gasteiger charge is -2.35. The van der Waals surface area contributed by atoms with Crippen molar-refractivity contribution in [3.63, 3.8) is 0 Å². The summed E-state index contributed by atoms with van der Waals surface area (Å²) < 4.78 is 0. The third-order valence-electron chi connectivity index (χ3n) is 4.92. The first-order valence-electron chi connectivity index (χ1n) is 8.31. The minimum atomic E-state index is 0.488. The second-order valence-corrected chi connectivity index (χ2v) is 7.08. The lowest BCUT2D eigenvalue weighted by molar-refractivity contribution is 0.208. The molecule has 1 nitrogen and oxygen atoms in total. The number of hydrogen-bond acceptors (Lipinski definition) is 1. The SMILES string of the molecule is CCNC(Cc1c(Cl)cccc1Cl)C1CCCC(CC)C1. The largest absolute Gasteiger partial charge is 0.314 e. The van der Waals surface area contributed by atoms with Crippen molar-refractivity contribution < 1.29 is 0 Å². The highest BCUT2D eigenvalue weighted by Crippen LogP contribution is 2.35. The molecule has 21 heavy (non-hydrogen) atoms. The summed E-state index contributed by atoms with van der Waals surface area (Å²) in [7, 11) is 0. The summed E-state index contributed by atoms with van der Waals surface area (Å²) in [4.78, 5) is 0. The van der Waals surface area contributed by atoms with E-state index in [-0.39, 0.29) is 0 Å². The van der Waals surface area contributed by atoms with Crippen molar-refractivity contribution in [2.75, 3.05) is 6.54 Å². The molecule has 0 amide bonds. The van der Waals surface area contributed by atoms with E-state index in [1.807, 2.05) is 18.2 Å². The highest BCUT2D eigenvalue weighted by atomic mass is 35.5. The fourth-order valence-electron chi connectivity index (χ4n) is 3.68. The molecule has 3 atom stereocenters. The van der Waals surface area contributed by atoms with Gasteiger partial charge in [-0.1, -0.05) is 62.4 Å². The van der Waals surface area contributed by atoms with Crippen LogP contribution in [0.25, 0.3) is 0 Å². The number of hydrogen-bond donors (Lipinski definition) is 1. The van der Waals surface area contributed by atoms with Crippen molar-refractivity contribution in [1.82, 2.24) is 5.32 Å². The Morgan fingerprint density at radius 1 is 1.19 bits per heavy atom. The van der Waals surface area contributed by atoms with Crippen molar-refractivity contribution >= 4 is 23.2 Å². The number of likely N-dealkylation sites (N-methyl/N-ethyl adjacent to an activating group) is 1. The van der Waals surface area contributed by atoms with Crippen molar-refractivity contribution in [1.29, 1.82) is 0 Å². The van der Waals surface area contributed by atoms with E-state index in [1.165, 1.54) is 32.1 Å². The van der Waals surface area contributed by atoms with Crippen LogP contribution in [0.4, 0.5) is 0 Å². The first-order chi connectivity index (χ1) is 10.2. The summed E-state index contributed by atoms with van der Waals surface area (Å²) in [6.45, 7) is 5.50. The molecular weight excluding hydrogens is 301 g/mol. The standard InChI is InChI=1S/C18H27Cl2N/c1-3-13-7-5-8-14(11-13)18(21-4-2)12-15-16(19)9-6-10-17(15)20/h6,9-10,13-14,18,21H,3-5,7-8,11-12H2,1-2H3. The normalized spacial score (nSPS) is 24.0. The Labute approximate surface area is 139 Å². The van der Waals surface area contributed by atoms with Crippen LogP contribution in [0.15, 0.2) is 18.2 Å². The van der Waals surface area contributed by atoms with Gasteiger partial charge in [0.05, 0.1) is 0 Å². The maximum Gasteiger partial charge on any atom is 0.0453 e. The van der Waals surface area contributed by atoms with Gasteiger partial charge in [0.15, 0.2) is 0 Å². The predicted octanol–water partition coefficient (Wildman–Crippen LogP) is 5.73. The smallest absolute Gasteiger partial charge is 0.0453 e. The van der Waals surface area contributed by atoms with Gasteiger partial charge in [0.1, 0.15) is 0 Å². The maximum absolute atomic E-state index is 6.36. The third-order valence-corrected chi connectivity index (χ3v) is 5.63. The molecule has 0 saturated heterocycles. The number of halogens is 2. The van der Waals surface area contributed by atoms with E-state index in [0.29, 0.717) is 6.04 Å². The Morgan fingerprint density at radius 3 is 2.52 bits per heavy atom. The van der Waals surface area contributed by atoms with Crippen LogP contribution in [-0.2, 0) is 6.42 Å². The second-order valence-electron chi connectivity index (χ2n) is 6.27. The summed E-state index contributed by atoms with van der Waals surface area (Å²) in [5.74, 6) is 1.64. The number of rotatable bonds is 6. The maximum atomic E-state index is 6.36. The van der Waals surface area contributed by atoms with Gasteiger partial charge in [-0.15, -0.1) is 0 Å². The molecule has 118 valence electrons. The van der Waals surface area contributed by atoms with Crippen LogP contribution >= 0.6 is 23.2 Å². The molecule has 3 heteroatoms. The summed E-state index contributed by atoms with van der Waals surface area (Å²) in [6.07, 6.45) is 7.68. The van der Waals surface area contributed by atoms with E-state index in [4.69, 9.17) is 23.2 Å². The molecule has 0 aromatic heterocycles. The van der Waals surface area contributed by atoms with E-state index in [0.717, 1.165) is 40.4 Å². The minimum absolute atomic E-state index is 0.488.